The second kappa shape index (κ2) is 7.55. The molecule has 3 aromatic rings. The molecule has 1 aliphatic heterocycles. The van der Waals surface area contributed by atoms with Crippen molar-refractivity contribution in [1.29, 1.82) is 0 Å². The van der Waals surface area contributed by atoms with Crippen LogP contribution in [-0.4, -0.2) is 25.2 Å². The monoisotopic (exact) mass is 384 g/mol. The summed E-state index contributed by atoms with van der Waals surface area (Å²) in [5.74, 6) is 1.26. The standard InChI is InChI=1S/C19H16N2O5S/c22-18(20-10-14-3-1-7-24-14)11-21(19(23)17-4-2-8-27-17)13-5-6-15-16(9-13)26-12-25-15/h1-9H,10-12H2,(H,20,22). The number of rotatable bonds is 6. The van der Waals surface area contributed by atoms with E-state index in [1.54, 1.807) is 48.7 Å². The van der Waals surface area contributed by atoms with E-state index in [-0.39, 0.29) is 31.7 Å². The molecule has 8 heteroatoms. The molecule has 138 valence electrons. The SMILES string of the molecule is O=C(CN(C(=O)c1cccs1)c1ccc2c(c1)OCO2)NCc1ccco1. The second-order valence-corrected chi connectivity index (χ2v) is 6.71. The summed E-state index contributed by atoms with van der Waals surface area (Å²) in [7, 11) is 0. The van der Waals surface area contributed by atoms with E-state index in [2.05, 4.69) is 5.32 Å². The molecule has 0 fully saturated rings. The minimum absolute atomic E-state index is 0.128. The molecule has 1 N–H and O–H groups in total. The van der Waals surface area contributed by atoms with Gasteiger partial charge in [-0.2, -0.15) is 0 Å². The summed E-state index contributed by atoms with van der Waals surface area (Å²) in [6.07, 6.45) is 1.54. The zero-order valence-electron chi connectivity index (χ0n) is 14.2. The van der Waals surface area contributed by atoms with Crippen LogP contribution in [0.5, 0.6) is 11.5 Å². The normalized spacial score (nSPS) is 12.0. The smallest absolute Gasteiger partial charge is 0.268 e. The van der Waals surface area contributed by atoms with Gasteiger partial charge in [0.05, 0.1) is 17.7 Å². The highest BCUT2D eigenvalue weighted by Gasteiger charge is 2.24. The van der Waals surface area contributed by atoms with Gasteiger partial charge in [-0.25, -0.2) is 0 Å². The first kappa shape index (κ1) is 17.2. The van der Waals surface area contributed by atoms with Crippen molar-refractivity contribution in [2.24, 2.45) is 0 Å². The molecule has 1 aromatic carbocycles. The largest absolute Gasteiger partial charge is 0.467 e. The van der Waals surface area contributed by atoms with Crippen molar-refractivity contribution in [1.82, 2.24) is 5.32 Å². The van der Waals surface area contributed by atoms with Crippen molar-refractivity contribution < 1.29 is 23.5 Å². The van der Waals surface area contributed by atoms with Crippen molar-refractivity contribution in [2.75, 3.05) is 18.2 Å². The Hall–Kier alpha value is -3.26. The Morgan fingerprint density at radius 1 is 1.11 bits per heavy atom. The van der Waals surface area contributed by atoms with E-state index >= 15 is 0 Å². The predicted octanol–water partition coefficient (Wildman–Crippen LogP) is 3.03. The van der Waals surface area contributed by atoms with E-state index in [4.69, 9.17) is 13.9 Å². The summed E-state index contributed by atoms with van der Waals surface area (Å²) in [6, 6.07) is 12.2. The topological polar surface area (TPSA) is 81.0 Å². The third-order valence-electron chi connectivity index (χ3n) is 3.99. The molecule has 0 atom stereocenters. The average Bonchev–Trinajstić information content (AvgIpc) is 3.45. The Labute approximate surface area is 159 Å². The number of fused-ring (bicyclic) bond motifs is 1. The van der Waals surface area contributed by atoms with Gasteiger partial charge in [-0.15, -0.1) is 11.3 Å². The second-order valence-electron chi connectivity index (χ2n) is 5.76. The first-order chi connectivity index (χ1) is 13.2. The van der Waals surface area contributed by atoms with Gasteiger partial charge in [-0.1, -0.05) is 6.07 Å². The van der Waals surface area contributed by atoms with Crippen LogP contribution in [0.2, 0.25) is 0 Å². The number of carbonyl (C=O) groups is 2. The molecule has 4 rings (SSSR count). The molecule has 7 nitrogen and oxygen atoms in total. The van der Waals surface area contributed by atoms with Crippen molar-refractivity contribution in [3.05, 3.63) is 64.7 Å². The Morgan fingerprint density at radius 2 is 2.00 bits per heavy atom. The number of thiophene rings is 1. The van der Waals surface area contributed by atoms with Gasteiger partial charge in [0.1, 0.15) is 12.3 Å². The molecule has 0 radical (unpaired) electrons. The maximum atomic E-state index is 12.9. The zero-order valence-corrected chi connectivity index (χ0v) is 15.0. The van der Waals surface area contributed by atoms with Crippen molar-refractivity contribution in [3.63, 3.8) is 0 Å². The number of benzene rings is 1. The molecular weight excluding hydrogens is 368 g/mol. The maximum absolute atomic E-state index is 12.9. The number of ether oxygens (including phenoxy) is 2. The van der Waals surface area contributed by atoms with Crippen molar-refractivity contribution in [2.45, 2.75) is 6.54 Å². The average molecular weight is 384 g/mol. The van der Waals surface area contributed by atoms with Gasteiger partial charge in [-0.05, 0) is 35.7 Å². The van der Waals surface area contributed by atoms with Crippen LogP contribution >= 0.6 is 11.3 Å². The molecule has 2 aromatic heterocycles. The van der Waals surface area contributed by atoms with Crippen LogP contribution in [0.25, 0.3) is 0 Å². The van der Waals surface area contributed by atoms with Crippen LogP contribution in [0, 0.1) is 0 Å². The lowest BCUT2D eigenvalue weighted by Gasteiger charge is -2.22. The lowest BCUT2D eigenvalue weighted by molar-refractivity contribution is -0.119. The molecule has 2 amide bonds. The van der Waals surface area contributed by atoms with E-state index in [0.29, 0.717) is 27.8 Å². The number of nitrogens with zero attached hydrogens (tertiary/aromatic N) is 1. The highest BCUT2D eigenvalue weighted by molar-refractivity contribution is 7.12. The Bertz CT molecular complexity index is 937. The van der Waals surface area contributed by atoms with E-state index in [0.717, 1.165) is 0 Å². The fourth-order valence-corrected chi connectivity index (χ4v) is 3.34. The van der Waals surface area contributed by atoms with Crippen LogP contribution in [0.3, 0.4) is 0 Å². The quantitative estimate of drug-likeness (QED) is 0.707. The molecule has 1 aliphatic rings. The van der Waals surface area contributed by atoms with Crippen LogP contribution < -0.4 is 19.7 Å². The Balaban J connectivity index is 1.54. The first-order valence-electron chi connectivity index (χ1n) is 8.25. The molecule has 0 spiro atoms. The number of furan rings is 1. The van der Waals surface area contributed by atoms with E-state index < -0.39 is 0 Å². The van der Waals surface area contributed by atoms with Gasteiger partial charge < -0.3 is 19.2 Å². The van der Waals surface area contributed by atoms with E-state index in [1.165, 1.54) is 16.2 Å². The lowest BCUT2D eigenvalue weighted by atomic mass is 10.2. The fourth-order valence-electron chi connectivity index (χ4n) is 2.67. The number of anilines is 1. The van der Waals surface area contributed by atoms with Crippen LogP contribution in [0.1, 0.15) is 15.4 Å². The lowest BCUT2D eigenvalue weighted by Crippen LogP contribution is -2.40. The van der Waals surface area contributed by atoms with E-state index in [9.17, 15) is 9.59 Å². The van der Waals surface area contributed by atoms with Crippen LogP contribution in [0.4, 0.5) is 5.69 Å². The van der Waals surface area contributed by atoms with Crippen molar-refractivity contribution >= 4 is 28.8 Å². The third-order valence-corrected chi connectivity index (χ3v) is 4.84. The molecule has 0 aliphatic carbocycles. The van der Waals surface area contributed by atoms with Gasteiger partial charge in [-0.3, -0.25) is 14.5 Å². The highest BCUT2D eigenvalue weighted by atomic mass is 32.1. The van der Waals surface area contributed by atoms with E-state index in [1.807, 2.05) is 5.38 Å². The van der Waals surface area contributed by atoms with Gasteiger partial charge in [0.25, 0.3) is 5.91 Å². The summed E-state index contributed by atoms with van der Waals surface area (Å²) in [4.78, 5) is 27.3. The van der Waals surface area contributed by atoms with Gasteiger partial charge in [0, 0.05) is 11.8 Å². The van der Waals surface area contributed by atoms with Crippen LogP contribution in [0.15, 0.2) is 58.5 Å². The summed E-state index contributed by atoms with van der Waals surface area (Å²) < 4.78 is 15.9. The number of hydrogen-bond acceptors (Lipinski definition) is 6. The summed E-state index contributed by atoms with van der Waals surface area (Å²) in [6.45, 7) is 0.270. The highest BCUT2D eigenvalue weighted by Crippen LogP contribution is 2.36. The summed E-state index contributed by atoms with van der Waals surface area (Å²) in [5, 5.41) is 4.58. The van der Waals surface area contributed by atoms with Gasteiger partial charge in [0.2, 0.25) is 12.7 Å². The van der Waals surface area contributed by atoms with Crippen molar-refractivity contribution in [3.8, 4) is 11.5 Å². The summed E-state index contributed by atoms with van der Waals surface area (Å²) >= 11 is 1.32. The summed E-state index contributed by atoms with van der Waals surface area (Å²) in [5.41, 5.74) is 0.561. The maximum Gasteiger partial charge on any atom is 0.268 e. The molecule has 0 unspecified atom stereocenters. The molecule has 0 saturated heterocycles. The Morgan fingerprint density at radius 3 is 2.78 bits per heavy atom. The van der Waals surface area contributed by atoms with Gasteiger partial charge >= 0.3 is 0 Å². The molecule has 3 heterocycles. The van der Waals surface area contributed by atoms with Gasteiger partial charge in [0.15, 0.2) is 11.5 Å². The fraction of sp³-hybridized carbons (Fsp3) is 0.158. The predicted molar refractivity (Wildman–Crippen MR) is 99.1 cm³/mol. The zero-order chi connectivity index (χ0) is 18.6. The third kappa shape index (κ3) is 3.80. The number of hydrogen-bond donors (Lipinski definition) is 1. The minimum Gasteiger partial charge on any atom is -0.467 e. The van der Waals surface area contributed by atoms with Crippen LogP contribution in [-0.2, 0) is 11.3 Å². The number of nitrogens with one attached hydrogen (secondary N) is 1. The first-order valence-corrected chi connectivity index (χ1v) is 9.13. The molecule has 0 bridgehead atoms. The molecular formula is C19H16N2O5S. The minimum atomic E-state index is -0.297. The number of amides is 2. The number of carbonyl (C=O) groups excluding carboxylic acids is 2. The Kier molecular flexibility index (Phi) is 4.80. The molecule has 0 saturated carbocycles. The molecule has 27 heavy (non-hydrogen) atoms.